The Morgan fingerprint density at radius 1 is 1.26 bits per heavy atom. The Morgan fingerprint density at radius 2 is 1.96 bits per heavy atom. The lowest BCUT2D eigenvalue weighted by Crippen LogP contribution is -2.53. The van der Waals surface area contributed by atoms with Crippen LogP contribution in [0.25, 0.3) is 0 Å². The summed E-state index contributed by atoms with van der Waals surface area (Å²) in [6.07, 6.45) is 3.67. The number of benzene rings is 1. The Bertz CT molecular complexity index is 743. The van der Waals surface area contributed by atoms with Crippen LogP contribution in [0.1, 0.15) is 39.2 Å². The van der Waals surface area contributed by atoms with Crippen LogP contribution in [0.2, 0.25) is 0 Å². The summed E-state index contributed by atoms with van der Waals surface area (Å²) in [6.45, 7) is 8.01. The molecule has 0 aliphatic heterocycles. The van der Waals surface area contributed by atoms with E-state index < -0.39 is 15.6 Å². The molecule has 2 rings (SSSR count). The lowest BCUT2D eigenvalue weighted by molar-refractivity contribution is 0.297. The van der Waals surface area contributed by atoms with Gasteiger partial charge in [-0.05, 0) is 45.6 Å². The zero-order valence-corrected chi connectivity index (χ0v) is 17.5. The number of ether oxygens (including phenoxy) is 1. The van der Waals surface area contributed by atoms with Gasteiger partial charge in [0.1, 0.15) is 5.75 Å². The van der Waals surface area contributed by atoms with E-state index in [2.05, 4.69) is 20.3 Å². The minimum Gasteiger partial charge on any atom is -0.493 e. The number of aliphatic imine (C=N–C) groups is 1. The minimum absolute atomic E-state index is 0.408. The fourth-order valence-electron chi connectivity index (χ4n) is 2.62. The zero-order chi connectivity index (χ0) is 19.9. The molecule has 1 fully saturated rings. The normalized spacial score (nSPS) is 15.5. The van der Waals surface area contributed by atoms with Crippen LogP contribution < -0.4 is 20.1 Å². The van der Waals surface area contributed by atoms with Crippen molar-refractivity contribution in [1.82, 2.24) is 15.4 Å². The molecule has 0 unspecified atom stereocenters. The van der Waals surface area contributed by atoms with E-state index in [0.717, 1.165) is 24.2 Å². The maximum atomic E-state index is 11.5. The van der Waals surface area contributed by atoms with Crippen molar-refractivity contribution >= 4 is 16.0 Å². The molecule has 0 atom stereocenters. The van der Waals surface area contributed by atoms with E-state index in [4.69, 9.17) is 4.74 Å². The fourth-order valence-corrected chi connectivity index (χ4v) is 3.69. The Kier molecular flexibility index (Phi) is 7.49. The smallest absolute Gasteiger partial charge is 0.209 e. The van der Waals surface area contributed by atoms with E-state index >= 15 is 0 Å². The average Bonchev–Trinajstić information content (AvgIpc) is 3.38. The predicted molar refractivity (Wildman–Crippen MR) is 110 cm³/mol. The lowest BCUT2D eigenvalue weighted by atomic mass is 10.1. The molecule has 1 saturated carbocycles. The van der Waals surface area contributed by atoms with Gasteiger partial charge in [0.05, 0.1) is 19.4 Å². The van der Waals surface area contributed by atoms with Crippen molar-refractivity contribution in [2.75, 3.05) is 26.0 Å². The van der Waals surface area contributed by atoms with Crippen LogP contribution in [-0.4, -0.2) is 45.9 Å². The van der Waals surface area contributed by atoms with E-state index in [9.17, 15) is 8.42 Å². The number of sulfonamides is 1. The second-order valence-electron chi connectivity index (χ2n) is 7.67. The molecule has 1 aromatic rings. The van der Waals surface area contributed by atoms with Gasteiger partial charge < -0.3 is 15.4 Å². The van der Waals surface area contributed by atoms with Crippen molar-refractivity contribution in [2.45, 2.75) is 45.7 Å². The monoisotopic (exact) mass is 396 g/mol. The van der Waals surface area contributed by atoms with E-state index in [1.165, 1.54) is 12.8 Å². The summed E-state index contributed by atoms with van der Waals surface area (Å²) < 4.78 is 31.5. The van der Waals surface area contributed by atoms with E-state index in [1.807, 2.05) is 45.0 Å². The van der Waals surface area contributed by atoms with Gasteiger partial charge in [-0.2, -0.15) is 0 Å². The van der Waals surface area contributed by atoms with Crippen molar-refractivity contribution in [3.8, 4) is 5.75 Å². The molecule has 8 heteroatoms. The molecule has 0 spiro atoms. The van der Waals surface area contributed by atoms with Gasteiger partial charge in [-0.25, -0.2) is 18.1 Å². The molecule has 27 heavy (non-hydrogen) atoms. The number of rotatable bonds is 10. The first-order valence-electron chi connectivity index (χ1n) is 9.40. The predicted octanol–water partition coefficient (Wildman–Crippen LogP) is 1.86. The van der Waals surface area contributed by atoms with E-state index in [1.54, 1.807) is 0 Å². The van der Waals surface area contributed by atoms with Gasteiger partial charge in [-0.3, -0.25) is 0 Å². The second kappa shape index (κ2) is 9.41. The molecule has 1 aliphatic rings. The summed E-state index contributed by atoms with van der Waals surface area (Å²) in [5.41, 5.74) is 0.401. The molecule has 3 N–H and O–H groups in total. The molecule has 1 aliphatic carbocycles. The first-order chi connectivity index (χ1) is 12.7. The number of hydrogen-bond acceptors (Lipinski definition) is 4. The van der Waals surface area contributed by atoms with Gasteiger partial charge in [0.2, 0.25) is 10.0 Å². The van der Waals surface area contributed by atoms with Crippen LogP contribution in [-0.2, 0) is 16.6 Å². The molecular formula is C19H32N4O3S. The van der Waals surface area contributed by atoms with E-state index in [0.29, 0.717) is 31.5 Å². The highest BCUT2D eigenvalue weighted by Crippen LogP contribution is 2.30. The highest BCUT2D eigenvalue weighted by Gasteiger charge is 2.23. The number of para-hydroxylation sites is 1. The van der Waals surface area contributed by atoms with Crippen molar-refractivity contribution in [3.63, 3.8) is 0 Å². The molecule has 0 saturated heterocycles. The summed E-state index contributed by atoms with van der Waals surface area (Å²) in [5.74, 6) is 2.21. The Labute approximate surface area is 163 Å². The van der Waals surface area contributed by atoms with Gasteiger partial charge in [-0.15, -0.1) is 0 Å². The maximum Gasteiger partial charge on any atom is 0.209 e. The summed E-state index contributed by atoms with van der Waals surface area (Å²) in [4.78, 5) is 4.62. The van der Waals surface area contributed by atoms with Crippen LogP contribution >= 0.6 is 0 Å². The molecule has 0 bridgehead atoms. The molecule has 0 heterocycles. The Morgan fingerprint density at radius 3 is 2.59 bits per heavy atom. The summed E-state index contributed by atoms with van der Waals surface area (Å²) in [7, 11) is -3.28. The second-order valence-corrected chi connectivity index (χ2v) is 9.42. The van der Waals surface area contributed by atoms with Gasteiger partial charge in [-0.1, -0.05) is 18.2 Å². The molecule has 152 valence electrons. The third-order valence-electron chi connectivity index (χ3n) is 4.06. The SMILES string of the molecule is CCNC(=NCc1ccccc1OCC1CC1)NCC(C)(C)NS(C)(=O)=O. The Hall–Kier alpha value is -1.80. The topological polar surface area (TPSA) is 91.8 Å². The molecule has 0 aromatic heterocycles. The number of guanidine groups is 1. The number of hydrogen-bond donors (Lipinski definition) is 3. The van der Waals surface area contributed by atoms with Crippen molar-refractivity contribution in [2.24, 2.45) is 10.9 Å². The van der Waals surface area contributed by atoms with Crippen LogP contribution in [0, 0.1) is 5.92 Å². The summed E-state index contributed by atoms with van der Waals surface area (Å²) in [5, 5.41) is 6.39. The largest absolute Gasteiger partial charge is 0.493 e. The van der Waals surface area contributed by atoms with Crippen LogP contribution in [0.3, 0.4) is 0 Å². The van der Waals surface area contributed by atoms with Crippen molar-refractivity contribution in [1.29, 1.82) is 0 Å². The van der Waals surface area contributed by atoms with Crippen LogP contribution in [0.4, 0.5) is 0 Å². The van der Waals surface area contributed by atoms with Gasteiger partial charge in [0.25, 0.3) is 0 Å². The van der Waals surface area contributed by atoms with Crippen LogP contribution in [0.15, 0.2) is 29.3 Å². The average molecular weight is 397 g/mol. The van der Waals surface area contributed by atoms with E-state index in [-0.39, 0.29) is 0 Å². The molecule has 0 radical (unpaired) electrons. The third kappa shape index (κ3) is 8.62. The van der Waals surface area contributed by atoms with Crippen molar-refractivity contribution in [3.05, 3.63) is 29.8 Å². The molecule has 0 amide bonds. The lowest BCUT2D eigenvalue weighted by Gasteiger charge is -2.26. The first-order valence-corrected chi connectivity index (χ1v) is 11.3. The molecule has 1 aromatic carbocycles. The minimum atomic E-state index is -3.28. The van der Waals surface area contributed by atoms with Crippen LogP contribution in [0.5, 0.6) is 5.75 Å². The molecular weight excluding hydrogens is 364 g/mol. The Balaban J connectivity index is 1.98. The van der Waals surface area contributed by atoms with Gasteiger partial charge in [0.15, 0.2) is 5.96 Å². The fraction of sp³-hybridized carbons (Fsp3) is 0.632. The summed E-state index contributed by atoms with van der Waals surface area (Å²) >= 11 is 0. The number of nitrogens with one attached hydrogen (secondary N) is 3. The zero-order valence-electron chi connectivity index (χ0n) is 16.7. The quantitative estimate of drug-likeness (QED) is 0.415. The first kappa shape index (κ1) is 21.5. The highest BCUT2D eigenvalue weighted by molar-refractivity contribution is 7.88. The highest BCUT2D eigenvalue weighted by atomic mass is 32.2. The maximum absolute atomic E-state index is 11.5. The van der Waals surface area contributed by atoms with Crippen molar-refractivity contribution < 1.29 is 13.2 Å². The third-order valence-corrected chi connectivity index (χ3v) is 4.98. The molecule has 7 nitrogen and oxygen atoms in total. The summed E-state index contributed by atoms with van der Waals surface area (Å²) in [6, 6.07) is 7.95. The number of nitrogens with zero attached hydrogens (tertiary/aromatic N) is 1. The van der Waals surface area contributed by atoms with Gasteiger partial charge >= 0.3 is 0 Å². The standard InChI is InChI=1S/C19H32N4O3S/c1-5-20-18(22-14-19(2,3)23-27(4,24)25)21-12-16-8-6-7-9-17(16)26-13-15-10-11-15/h6-9,15,23H,5,10-14H2,1-4H3,(H2,20,21,22). The van der Waals surface area contributed by atoms with Gasteiger partial charge in [0, 0.05) is 24.2 Å².